The Morgan fingerprint density at radius 3 is 2.07 bits per heavy atom. The van der Waals surface area contributed by atoms with Gasteiger partial charge < -0.3 is 15.4 Å². The fourth-order valence-corrected chi connectivity index (χ4v) is 4.95. The highest BCUT2D eigenvalue weighted by molar-refractivity contribution is 5.68. The molecule has 0 aromatic heterocycles. The summed E-state index contributed by atoms with van der Waals surface area (Å²) >= 11 is 0. The van der Waals surface area contributed by atoms with Crippen LogP contribution in [0.3, 0.4) is 0 Å². The van der Waals surface area contributed by atoms with E-state index < -0.39 is 5.60 Å². The molecular weight excluding hydrogens is 374 g/mol. The fourth-order valence-electron chi connectivity index (χ4n) is 4.95. The van der Waals surface area contributed by atoms with Crippen molar-refractivity contribution in [3.05, 3.63) is 71.8 Å². The lowest BCUT2D eigenvalue weighted by Gasteiger charge is -2.47. The molecule has 30 heavy (non-hydrogen) atoms. The third-order valence-electron chi connectivity index (χ3n) is 6.11. The monoisotopic (exact) mass is 407 g/mol. The summed E-state index contributed by atoms with van der Waals surface area (Å²) in [5, 5.41) is 0. The Labute approximate surface area is 179 Å². The summed E-state index contributed by atoms with van der Waals surface area (Å²) in [6, 6.07) is 21.8. The van der Waals surface area contributed by atoms with Crippen molar-refractivity contribution in [2.24, 2.45) is 5.73 Å². The van der Waals surface area contributed by atoms with Crippen LogP contribution in [-0.2, 0) is 4.74 Å². The zero-order chi connectivity index (χ0) is 21.3. The van der Waals surface area contributed by atoms with Crippen molar-refractivity contribution in [2.75, 3.05) is 19.6 Å². The van der Waals surface area contributed by atoms with E-state index in [0.29, 0.717) is 13.1 Å². The van der Waals surface area contributed by atoms with E-state index in [1.165, 1.54) is 11.1 Å². The van der Waals surface area contributed by atoms with Crippen molar-refractivity contribution in [1.29, 1.82) is 0 Å². The number of carbonyl (C=O) groups excluding carboxylic acids is 1. The first-order valence-electron chi connectivity index (χ1n) is 10.9. The summed E-state index contributed by atoms with van der Waals surface area (Å²) in [5.74, 6) is 0.158. The first-order valence-corrected chi connectivity index (χ1v) is 10.9. The number of carbonyl (C=O) groups is 1. The van der Waals surface area contributed by atoms with E-state index in [1.807, 2.05) is 37.8 Å². The normalized spacial score (nSPS) is 24.7. The molecule has 3 atom stereocenters. The van der Waals surface area contributed by atoms with Crippen LogP contribution in [-0.4, -0.2) is 59.3 Å². The number of ether oxygens (including phenoxy) is 1. The van der Waals surface area contributed by atoms with Crippen molar-refractivity contribution < 1.29 is 9.53 Å². The summed E-state index contributed by atoms with van der Waals surface area (Å²) in [5.41, 5.74) is 8.40. The van der Waals surface area contributed by atoms with Crippen LogP contribution < -0.4 is 5.73 Å². The molecule has 2 saturated heterocycles. The third-order valence-corrected chi connectivity index (χ3v) is 6.11. The number of rotatable bonds is 3. The van der Waals surface area contributed by atoms with E-state index in [9.17, 15) is 4.79 Å². The number of hydrogen-bond acceptors (Lipinski definition) is 4. The Kier molecular flexibility index (Phi) is 5.85. The molecule has 1 unspecified atom stereocenters. The highest BCUT2D eigenvalue weighted by Gasteiger charge is 2.45. The number of nitrogens with two attached hydrogens (primary N) is 1. The Morgan fingerprint density at radius 1 is 0.967 bits per heavy atom. The van der Waals surface area contributed by atoms with Gasteiger partial charge in [0.05, 0.1) is 0 Å². The third kappa shape index (κ3) is 4.52. The van der Waals surface area contributed by atoms with Crippen LogP contribution in [0.25, 0.3) is 0 Å². The summed E-state index contributed by atoms with van der Waals surface area (Å²) in [4.78, 5) is 17.4. The molecule has 0 aliphatic carbocycles. The van der Waals surface area contributed by atoms with Crippen LogP contribution in [0.15, 0.2) is 60.7 Å². The Morgan fingerprint density at radius 2 is 1.53 bits per heavy atom. The Bertz CT molecular complexity index is 810. The largest absolute Gasteiger partial charge is 0.444 e. The van der Waals surface area contributed by atoms with Crippen molar-refractivity contribution >= 4 is 6.09 Å². The zero-order valence-electron chi connectivity index (χ0n) is 18.2. The average molecular weight is 408 g/mol. The maximum absolute atomic E-state index is 13.0. The molecule has 0 bridgehead atoms. The van der Waals surface area contributed by atoms with Gasteiger partial charge in [-0.25, -0.2) is 4.79 Å². The molecule has 1 amide bonds. The van der Waals surface area contributed by atoms with Gasteiger partial charge in [-0.1, -0.05) is 60.7 Å². The minimum atomic E-state index is -0.506. The van der Waals surface area contributed by atoms with Gasteiger partial charge in [-0.3, -0.25) is 4.90 Å². The van der Waals surface area contributed by atoms with Gasteiger partial charge in [0.15, 0.2) is 0 Å². The predicted molar refractivity (Wildman–Crippen MR) is 119 cm³/mol. The van der Waals surface area contributed by atoms with Crippen LogP contribution >= 0.6 is 0 Å². The lowest BCUT2D eigenvalue weighted by Crippen LogP contribution is -2.60. The molecule has 5 nitrogen and oxygen atoms in total. The standard InChI is InChI=1S/C25H33N3O2/c1-25(2,3)30-24(29)27-16-21-14-20(26)15-28(21)22(17-27)23(18-10-6-4-7-11-18)19-12-8-5-9-13-19/h4-13,20-23H,14-17,26H2,1-3H3/t20?,21-,22-/m0/s1. The molecule has 5 heteroatoms. The lowest BCUT2D eigenvalue weighted by molar-refractivity contribution is -0.00662. The van der Waals surface area contributed by atoms with E-state index in [0.717, 1.165) is 13.0 Å². The maximum Gasteiger partial charge on any atom is 0.410 e. The minimum Gasteiger partial charge on any atom is -0.444 e. The molecule has 2 heterocycles. The molecule has 160 valence electrons. The van der Waals surface area contributed by atoms with E-state index >= 15 is 0 Å². The van der Waals surface area contributed by atoms with E-state index in [4.69, 9.17) is 10.5 Å². The van der Waals surface area contributed by atoms with Crippen LogP contribution in [0.5, 0.6) is 0 Å². The highest BCUT2D eigenvalue weighted by atomic mass is 16.6. The molecule has 2 aromatic rings. The molecular formula is C25H33N3O2. The van der Waals surface area contributed by atoms with Crippen LogP contribution in [0.1, 0.15) is 44.2 Å². The number of fused-ring (bicyclic) bond motifs is 1. The molecule has 2 aromatic carbocycles. The second kappa shape index (κ2) is 8.40. The van der Waals surface area contributed by atoms with Crippen LogP contribution in [0, 0.1) is 0 Å². The summed E-state index contributed by atoms with van der Waals surface area (Å²) < 4.78 is 5.73. The quantitative estimate of drug-likeness (QED) is 0.840. The number of nitrogens with zero attached hydrogens (tertiary/aromatic N) is 2. The summed E-state index contributed by atoms with van der Waals surface area (Å²) in [7, 11) is 0. The van der Waals surface area contributed by atoms with Crippen LogP contribution in [0.4, 0.5) is 4.79 Å². The van der Waals surface area contributed by atoms with E-state index in [-0.39, 0.29) is 30.1 Å². The van der Waals surface area contributed by atoms with E-state index in [1.54, 1.807) is 0 Å². The molecule has 0 saturated carbocycles. The van der Waals surface area contributed by atoms with Gasteiger partial charge in [-0.05, 0) is 38.3 Å². The second-order valence-corrected chi connectivity index (χ2v) is 9.60. The zero-order valence-corrected chi connectivity index (χ0v) is 18.2. The van der Waals surface area contributed by atoms with Gasteiger partial charge in [0, 0.05) is 43.7 Å². The van der Waals surface area contributed by atoms with Crippen LogP contribution in [0.2, 0.25) is 0 Å². The number of piperazine rings is 1. The highest BCUT2D eigenvalue weighted by Crippen LogP contribution is 2.37. The summed E-state index contributed by atoms with van der Waals surface area (Å²) in [6.07, 6.45) is 0.680. The van der Waals surface area contributed by atoms with Gasteiger partial charge in [0.25, 0.3) is 0 Å². The molecule has 0 spiro atoms. The van der Waals surface area contributed by atoms with Crippen molar-refractivity contribution in [1.82, 2.24) is 9.80 Å². The topological polar surface area (TPSA) is 58.8 Å². The number of hydrogen-bond donors (Lipinski definition) is 1. The first-order chi connectivity index (χ1) is 14.3. The molecule has 2 N–H and O–H groups in total. The minimum absolute atomic E-state index is 0.142. The first kappa shape index (κ1) is 20.9. The van der Waals surface area contributed by atoms with Gasteiger partial charge in [0.1, 0.15) is 5.60 Å². The lowest BCUT2D eigenvalue weighted by atomic mass is 9.82. The summed E-state index contributed by atoms with van der Waals surface area (Å²) in [6.45, 7) is 7.93. The van der Waals surface area contributed by atoms with Crippen molar-refractivity contribution in [2.45, 2.75) is 56.8 Å². The maximum atomic E-state index is 13.0. The molecule has 2 aliphatic rings. The van der Waals surface area contributed by atoms with Crippen molar-refractivity contribution in [3.63, 3.8) is 0 Å². The molecule has 4 rings (SSSR count). The van der Waals surface area contributed by atoms with Gasteiger partial charge in [-0.15, -0.1) is 0 Å². The van der Waals surface area contributed by atoms with Crippen molar-refractivity contribution in [3.8, 4) is 0 Å². The van der Waals surface area contributed by atoms with Gasteiger partial charge >= 0.3 is 6.09 Å². The molecule has 0 radical (unpaired) electrons. The Balaban J connectivity index is 1.71. The fraction of sp³-hybridized carbons (Fsp3) is 0.480. The second-order valence-electron chi connectivity index (χ2n) is 9.60. The molecule has 2 fully saturated rings. The van der Waals surface area contributed by atoms with Gasteiger partial charge in [-0.2, -0.15) is 0 Å². The van der Waals surface area contributed by atoms with Gasteiger partial charge in [0.2, 0.25) is 0 Å². The number of amides is 1. The number of benzene rings is 2. The Hall–Kier alpha value is -2.37. The SMILES string of the molecule is CC(C)(C)OC(=O)N1C[C@@H]2CC(N)CN2[C@H](C(c2ccccc2)c2ccccc2)C1. The average Bonchev–Trinajstić information content (AvgIpc) is 3.09. The van der Waals surface area contributed by atoms with E-state index in [2.05, 4.69) is 53.4 Å². The predicted octanol–water partition coefficient (Wildman–Crippen LogP) is 3.84. The molecule has 2 aliphatic heterocycles. The smallest absolute Gasteiger partial charge is 0.410 e.